The van der Waals surface area contributed by atoms with Crippen LogP contribution in [0.4, 0.5) is 5.69 Å². The molecule has 0 saturated heterocycles. The number of phenolic OH excluding ortho intramolecular Hbond substituents is 1. The molecular formula is C31H29N3O4. The van der Waals surface area contributed by atoms with Crippen LogP contribution in [-0.2, 0) is 4.79 Å². The molecule has 38 heavy (non-hydrogen) atoms. The summed E-state index contributed by atoms with van der Waals surface area (Å²) in [5.74, 6) is -0.867. The number of aromatic hydroxyl groups is 2. The van der Waals surface area contributed by atoms with Crippen LogP contribution in [0.5, 0.6) is 11.6 Å². The van der Waals surface area contributed by atoms with E-state index in [9.17, 15) is 20.1 Å². The number of hydrogen-bond donors (Lipinski definition) is 3. The molecule has 1 aliphatic carbocycles. The highest BCUT2D eigenvalue weighted by Gasteiger charge is 2.39. The second kappa shape index (κ2) is 9.67. The van der Waals surface area contributed by atoms with Crippen LogP contribution in [0.15, 0.2) is 95.2 Å². The van der Waals surface area contributed by atoms with Crippen LogP contribution in [-0.4, -0.2) is 31.4 Å². The van der Waals surface area contributed by atoms with Crippen LogP contribution in [0.1, 0.15) is 42.9 Å². The molecule has 5 rings (SSSR count). The Kier molecular flexibility index (Phi) is 6.36. The van der Waals surface area contributed by atoms with Crippen molar-refractivity contribution in [2.45, 2.75) is 38.6 Å². The fourth-order valence-corrected chi connectivity index (χ4v) is 4.80. The number of benzene rings is 3. The van der Waals surface area contributed by atoms with Gasteiger partial charge in [-0.05, 0) is 60.4 Å². The van der Waals surface area contributed by atoms with Gasteiger partial charge in [0, 0.05) is 23.1 Å². The maximum absolute atomic E-state index is 12.5. The average Bonchev–Trinajstić information content (AvgIpc) is 3.18. The molecule has 7 nitrogen and oxygen atoms in total. The lowest BCUT2D eigenvalue weighted by Crippen LogP contribution is -2.35. The predicted molar refractivity (Wildman–Crippen MR) is 148 cm³/mol. The molecule has 3 aromatic carbocycles. The third kappa shape index (κ3) is 4.36. The van der Waals surface area contributed by atoms with Crippen LogP contribution in [0.25, 0.3) is 22.2 Å². The molecule has 1 aliphatic rings. The number of fused-ring (bicyclic) bond motifs is 1. The highest BCUT2D eigenvalue weighted by molar-refractivity contribution is 5.97. The number of phenols is 1. The first-order chi connectivity index (χ1) is 18.2. The van der Waals surface area contributed by atoms with Crippen molar-refractivity contribution < 1.29 is 20.1 Å². The molecule has 0 aliphatic heterocycles. The van der Waals surface area contributed by atoms with E-state index < -0.39 is 11.5 Å². The molecule has 0 bridgehead atoms. The van der Waals surface area contributed by atoms with Gasteiger partial charge in [0.1, 0.15) is 5.75 Å². The first-order valence-electron chi connectivity index (χ1n) is 12.5. The number of azo groups is 1. The van der Waals surface area contributed by atoms with Crippen LogP contribution < -0.4 is 0 Å². The Balaban J connectivity index is 1.60. The van der Waals surface area contributed by atoms with Crippen molar-refractivity contribution in [3.8, 4) is 17.3 Å². The summed E-state index contributed by atoms with van der Waals surface area (Å²) in [4.78, 5) is 12.5. The molecule has 1 aromatic heterocycles. The summed E-state index contributed by atoms with van der Waals surface area (Å²) in [5.41, 5.74) is 3.31. The minimum absolute atomic E-state index is 0.00496. The molecule has 1 atom stereocenters. The zero-order valence-electron chi connectivity index (χ0n) is 21.5. The molecule has 0 radical (unpaired) electrons. The van der Waals surface area contributed by atoms with Gasteiger partial charge in [0.25, 0.3) is 0 Å². The molecule has 3 N–H and O–H groups in total. The van der Waals surface area contributed by atoms with Crippen LogP contribution >= 0.6 is 0 Å². The largest absolute Gasteiger partial charge is 0.507 e. The molecule has 0 spiro atoms. The summed E-state index contributed by atoms with van der Waals surface area (Å²) in [6.07, 6.45) is 4.85. The Morgan fingerprint density at radius 2 is 1.76 bits per heavy atom. The highest BCUT2D eigenvalue weighted by atomic mass is 16.4. The van der Waals surface area contributed by atoms with Gasteiger partial charge < -0.3 is 15.3 Å². The van der Waals surface area contributed by atoms with E-state index in [1.807, 2.05) is 49.4 Å². The Hall–Kier alpha value is -4.65. The third-order valence-electron chi connectivity index (χ3n) is 6.97. The van der Waals surface area contributed by atoms with Crippen molar-refractivity contribution in [3.63, 3.8) is 0 Å². The second-order valence-corrected chi connectivity index (χ2v) is 9.95. The molecule has 0 saturated carbocycles. The van der Waals surface area contributed by atoms with Crippen molar-refractivity contribution in [1.29, 1.82) is 0 Å². The molecule has 1 unspecified atom stereocenters. The number of aromatic nitrogens is 1. The first kappa shape index (κ1) is 25.0. The fraction of sp³-hybridized carbons (Fsp3) is 0.194. The third-order valence-corrected chi connectivity index (χ3v) is 6.97. The minimum Gasteiger partial charge on any atom is -0.507 e. The number of para-hydroxylation sites is 1. The highest BCUT2D eigenvalue weighted by Crippen LogP contribution is 2.43. The van der Waals surface area contributed by atoms with E-state index in [0.717, 1.165) is 16.8 Å². The number of aliphatic carboxylic acids is 1. The molecular weight excluding hydrogens is 478 g/mol. The number of carboxylic acid groups (broad SMARTS) is 1. The van der Waals surface area contributed by atoms with E-state index >= 15 is 0 Å². The Bertz CT molecular complexity index is 1630. The van der Waals surface area contributed by atoms with E-state index in [-0.39, 0.29) is 23.7 Å². The summed E-state index contributed by atoms with van der Waals surface area (Å²) < 4.78 is 1.70. The average molecular weight is 508 g/mol. The number of carboxylic acids is 1. The van der Waals surface area contributed by atoms with Gasteiger partial charge in [-0.1, -0.05) is 68.0 Å². The number of allylic oxidation sites excluding steroid dienone is 2. The summed E-state index contributed by atoms with van der Waals surface area (Å²) in [6.45, 7) is 6.19. The number of carbonyl (C=O) groups is 1. The first-order valence-corrected chi connectivity index (χ1v) is 12.5. The molecule has 4 aromatic rings. The Morgan fingerprint density at radius 3 is 2.45 bits per heavy atom. The van der Waals surface area contributed by atoms with Gasteiger partial charge in [-0.2, -0.15) is 5.11 Å². The van der Waals surface area contributed by atoms with Gasteiger partial charge in [0.05, 0.1) is 5.52 Å². The Morgan fingerprint density at radius 1 is 1.03 bits per heavy atom. The van der Waals surface area contributed by atoms with Gasteiger partial charge in [-0.3, -0.25) is 4.57 Å². The van der Waals surface area contributed by atoms with Gasteiger partial charge >= 0.3 is 5.97 Å². The number of aryl methyl sites for hydroxylation is 1. The number of rotatable bonds is 6. The Labute approximate surface area is 220 Å². The van der Waals surface area contributed by atoms with Gasteiger partial charge in [0.15, 0.2) is 5.69 Å². The lowest BCUT2D eigenvalue weighted by molar-refractivity contribution is -0.141. The fourth-order valence-electron chi connectivity index (χ4n) is 4.80. The standard InChI is InChI=1S/C31H29N3O4/c1-19(2)21-11-13-23(14-12-21)34-26-15-10-20(3)17-25(26)28(29(34)36)32-33-31(30(37)38)16-6-7-22(18-31)24-8-4-5-9-27(24)35/h4-17,19,35-36H,18H2,1-3H3,(H,37,38). The van der Waals surface area contributed by atoms with Crippen LogP contribution in [0, 0.1) is 6.92 Å². The van der Waals surface area contributed by atoms with Gasteiger partial charge in [-0.15, -0.1) is 5.11 Å². The molecule has 7 heteroatoms. The van der Waals surface area contributed by atoms with E-state index in [1.165, 1.54) is 11.6 Å². The number of nitrogens with zero attached hydrogens (tertiary/aromatic N) is 3. The summed E-state index contributed by atoms with van der Waals surface area (Å²) in [6, 6.07) is 20.5. The topological polar surface area (TPSA) is 107 Å². The quantitative estimate of drug-likeness (QED) is 0.236. The zero-order chi connectivity index (χ0) is 27.0. The van der Waals surface area contributed by atoms with E-state index in [2.05, 4.69) is 24.1 Å². The van der Waals surface area contributed by atoms with Crippen molar-refractivity contribution >= 4 is 28.1 Å². The smallest absolute Gasteiger partial charge is 0.337 e. The van der Waals surface area contributed by atoms with E-state index in [1.54, 1.807) is 41.0 Å². The molecule has 1 heterocycles. The van der Waals surface area contributed by atoms with Crippen LogP contribution in [0.2, 0.25) is 0 Å². The normalized spacial score (nSPS) is 17.4. The van der Waals surface area contributed by atoms with Crippen molar-refractivity contribution in [1.82, 2.24) is 4.57 Å². The maximum atomic E-state index is 12.5. The van der Waals surface area contributed by atoms with E-state index in [0.29, 0.717) is 22.4 Å². The second-order valence-electron chi connectivity index (χ2n) is 9.95. The summed E-state index contributed by atoms with van der Waals surface area (Å²) >= 11 is 0. The lowest BCUT2D eigenvalue weighted by Gasteiger charge is -2.25. The summed E-state index contributed by atoms with van der Waals surface area (Å²) in [7, 11) is 0. The SMILES string of the molecule is Cc1ccc2c(c1)c(N=NC1(C(=O)O)C=CC=C(c3ccccc3O)C1)c(O)n2-c1ccc(C(C)C)cc1. The van der Waals surface area contributed by atoms with Crippen molar-refractivity contribution in [2.75, 3.05) is 0 Å². The predicted octanol–water partition coefficient (Wildman–Crippen LogP) is 7.42. The molecule has 192 valence electrons. The lowest BCUT2D eigenvalue weighted by atomic mass is 9.84. The van der Waals surface area contributed by atoms with Crippen molar-refractivity contribution in [3.05, 3.63) is 102 Å². The van der Waals surface area contributed by atoms with Gasteiger partial charge in [0.2, 0.25) is 11.4 Å². The number of hydrogen-bond acceptors (Lipinski definition) is 5. The van der Waals surface area contributed by atoms with E-state index in [4.69, 9.17) is 0 Å². The zero-order valence-corrected chi connectivity index (χ0v) is 21.5. The maximum Gasteiger partial charge on any atom is 0.337 e. The summed E-state index contributed by atoms with van der Waals surface area (Å²) in [5, 5.41) is 41.2. The van der Waals surface area contributed by atoms with Crippen LogP contribution in [0.3, 0.4) is 0 Å². The minimum atomic E-state index is -1.70. The molecule has 0 fully saturated rings. The van der Waals surface area contributed by atoms with Gasteiger partial charge in [-0.25, -0.2) is 4.79 Å². The van der Waals surface area contributed by atoms with Crippen molar-refractivity contribution in [2.24, 2.45) is 10.2 Å². The molecule has 0 amide bonds. The monoisotopic (exact) mass is 507 g/mol.